The monoisotopic (exact) mass is 550 g/mol. The summed E-state index contributed by atoms with van der Waals surface area (Å²) in [7, 11) is 0. The number of aromatic nitrogens is 1. The molecule has 34 heavy (non-hydrogen) atoms. The van der Waals surface area contributed by atoms with Crippen molar-refractivity contribution in [3.63, 3.8) is 0 Å². The molecule has 0 atom stereocenters. The van der Waals surface area contributed by atoms with E-state index in [1.54, 1.807) is 12.3 Å². The summed E-state index contributed by atoms with van der Waals surface area (Å²) in [4.78, 5) is 18.7. The van der Waals surface area contributed by atoms with Crippen LogP contribution in [0.1, 0.15) is 30.9 Å². The Balaban J connectivity index is 1.52. The highest BCUT2D eigenvalue weighted by molar-refractivity contribution is 9.10. The van der Waals surface area contributed by atoms with Gasteiger partial charge in [-0.05, 0) is 56.0 Å². The van der Waals surface area contributed by atoms with E-state index in [4.69, 9.17) is 9.47 Å². The zero-order valence-corrected chi connectivity index (χ0v) is 21.3. The van der Waals surface area contributed by atoms with Crippen LogP contribution in [0.2, 0.25) is 0 Å². The van der Waals surface area contributed by atoms with Crippen LogP contribution in [0.5, 0.6) is 5.75 Å². The van der Waals surface area contributed by atoms with Gasteiger partial charge in [-0.2, -0.15) is 0 Å². The summed E-state index contributed by atoms with van der Waals surface area (Å²) < 4.78 is 40.8. The number of anilines is 1. The van der Waals surface area contributed by atoms with Gasteiger partial charge in [0.25, 0.3) is 0 Å². The van der Waals surface area contributed by atoms with Gasteiger partial charge in [0.15, 0.2) is 16.7 Å². The molecule has 4 rings (SSSR count). The highest BCUT2D eigenvalue weighted by Crippen LogP contribution is 2.37. The largest absolute Gasteiger partial charge is 0.485 e. The molecule has 2 heterocycles. The molecular weight excluding hydrogens is 526 g/mol. The van der Waals surface area contributed by atoms with Gasteiger partial charge in [-0.1, -0.05) is 22.0 Å². The molecule has 0 spiro atoms. The molecular formula is C25H25BrF2N2O3S. The molecule has 0 saturated carbocycles. The van der Waals surface area contributed by atoms with E-state index in [1.165, 1.54) is 17.4 Å². The quantitative estimate of drug-likeness (QED) is 0.313. The van der Waals surface area contributed by atoms with Crippen molar-refractivity contribution in [2.75, 3.05) is 24.6 Å². The summed E-state index contributed by atoms with van der Waals surface area (Å²) in [5.41, 5.74) is 2.63. The van der Waals surface area contributed by atoms with E-state index in [1.807, 2.05) is 25.1 Å². The second-order valence-corrected chi connectivity index (χ2v) is 9.90. The van der Waals surface area contributed by atoms with Crippen LogP contribution in [0.15, 0.2) is 40.2 Å². The smallest absolute Gasteiger partial charge is 0.309 e. The first kappa shape index (κ1) is 24.6. The van der Waals surface area contributed by atoms with Gasteiger partial charge in [-0.25, -0.2) is 13.8 Å². The number of hydrogen-bond donors (Lipinski definition) is 0. The lowest BCUT2D eigenvalue weighted by Crippen LogP contribution is -2.36. The first-order valence-corrected chi connectivity index (χ1v) is 12.8. The lowest BCUT2D eigenvalue weighted by Gasteiger charge is -2.30. The molecule has 2 aromatic carbocycles. The van der Waals surface area contributed by atoms with Crippen LogP contribution < -0.4 is 9.64 Å². The lowest BCUT2D eigenvalue weighted by molar-refractivity contribution is -0.148. The number of nitrogens with zero attached hydrogens (tertiary/aromatic N) is 2. The highest BCUT2D eigenvalue weighted by atomic mass is 79.9. The molecule has 0 amide bonds. The average molecular weight is 551 g/mol. The average Bonchev–Trinajstić information content (AvgIpc) is 3.29. The van der Waals surface area contributed by atoms with E-state index < -0.39 is 11.6 Å². The van der Waals surface area contributed by atoms with Gasteiger partial charge in [0.2, 0.25) is 0 Å². The van der Waals surface area contributed by atoms with E-state index in [-0.39, 0.29) is 29.8 Å². The Morgan fingerprint density at radius 1 is 1.24 bits per heavy atom. The number of benzene rings is 2. The molecule has 0 bridgehead atoms. The van der Waals surface area contributed by atoms with Crippen molar-refractivity contribution in [3.05, 3.63) is 62.9 Å². The summed E-state index contributed by atoms with van der Waals surface area (Å²) >= 11 is 4.83. The lowest BCUT2D eigenvalue weighted by atomic mass is 9.97. The molecule has 0 radical (unpaired) electrons. The number of rotatable bonds is 7. The van der Waals surface area contributed by atoms with Gasteiger partial charge < -0.3 is 14.4 Å². The maximum atomic E-state index is 14.8. The van der Waals surface area contributed by atoms with E-state index in [0.717, 1.165) is 26.8 Å². The molecule has 1 aromatic heterocycles. The van der Waals surface area contributed by atoms with E-state index in [2.05, 4.69) is 25.8 Å². The van der Waals surface area contributed by atoms with Crippen LogP contribution >= 0.6 is 27.3 Å². The van der Waals surface area contributed by atoms with Crippen LogP contribution in [-0.4, -0.2) is 30.6 Å². The predicted molar refractivity (Wildman–Crippen MR) is 132 cm³/mol. The summed E-state index contributed by atoms with van der Waals surface area (Å²) in [5.74, 6) is -1.74. The van der Waals surface area contributed by atoms with Crippen molar-refractivity contribution < 1.29 is 23.0 Å². The molecule has 0 N–H and O–H groups in total. The van der Waals surface area contributed by atoms with Gasteiger partial charge in [-0.15, -0.1) is 11.3 Å². The van der Waals surface area contributed by atoms with Crippen LogP contribution in [0.4, 0.5) is 13.9 Å². The highest BCUT2D eigenvalue weighted by Gasteiger charge is 2.27. The Morgan fingerprint density at radius 2 is 2.00 bits per heavy atom. The zero-order chi connectivity index (χ0) is 24.2. The zero-order valence-electron chi connectivity index (χ0n) is 18.9. The number of carbonyl (C=O) groups is 1. The fraction of sp³-hybridized carbons (Fsp3) is 0.360. The third-order valence-corrected chi connectivity index (χ3v) is 7.23. The van der Waals surface area contributed by atoms with Crippen molar-refractivity contribution in [1.29, 1.82) is 0 Å². The topological polar surface area (TPSA) is 51.7 Å². The van der Waals surface area contributed by atoms with Gasteiger partial charge in [-0.3, -0.25) is 4.79 Å². The number of carbonyl (C=O) groups excluding carboxylic acids is 1. The Morgan fingerprint density at radius 3 is 2.71 bits per heavy atom. The molecule has 0 unspecified atom stereocenters. The molecule has 1 aliphatic rings. The summed E-state index contributed by atoms with van der Waals surface area (Å²) in [6.07, 6.45) is 1.37. The van der Waals surface area contributed by atoms with Gasteiger partial charge in [0, 0.05) is 34.6 Å². The number of aryl methyl sites for hydroxylation is 1. The Labute approximate surface area is 209 Å². The Bertz CT molecular complexity index is 1180. The second-order valence-electron chi connectivity index (χ2n) is 8.15. The second kappa shape index (κ2) is 10.8. The van der Waals surface area contributed by atoms with Gasteiger partial charge in [0.1, 0.15) is 12.4 Å². The summed E-state index contributed by atoms with van der Waals surface area (Å²) in [5, 5.41) is 2.52. The maximum Gasteiger partial charge on any atom is 0.309 e. The number of ether oxygens (including phenoxy) is 2. The summed E-state index contributed by atoms with van der Waals surface area (Å²) in [6.45, 7) is 5.61. The first-order chi connectivity index (χ1) is 16.4. The van der Waals surface area contributed by atoms with Crippen LogP contribution in [-0.2, 0) is 16.1 Å². The summed E-state index contributed by atoms with van der Waals surface area (Å²) in [6, 6.07) is 7.82. The first-order valence-electron chi connectivity index (χ1n) is 11.1. The molecule has 1 fully saturated rings. The molecule has 1 saturated heterocycles. The number of thiazole rings is 1. The van der Waals surface area contributed by atoms with Crippen LogP contribution in [0.3, 0.4) is 0 Å². The fourth-order valence-electron chi connectivity index (χ4n) is 3.97. The third kappa shape index (κ3) is 5.58. The van der Waals surface area contributed by atoms with Crippen molar-refractivity contribution in [3.8, 4) is 17.0 Å². The minimum Gasteiger partial charge on any atom is -0.485 e. The number of piperidine rings is 1. The minimum absolute atomic E-state index is 0.0263. The Kier molecular flexibility index (Phi) is 7.83. The molecule has 3 aromatic rings. The fourth-order valence-corrected chi connectivity index (χ4v) is 5.32. The normalized spacial score (nSPS) is 14.3. The van der Waals surface area contributed by atoms with E-state index in [9.17, 15) is 13.6 Å². The molecule has 0 aliphatic carbocycles. The van der Waals surface area contributed by atoms with Crippen LogP contribution in [0.25, 0.3) is 11.3 Å². The molecule has 180 valence electrons. The van der Waals surface area contributed by atoms with Gasteiger partial charge >= 0.3 is 5.97 Å². The van der Waals surface area contributed by atoms with Crippen molar-refractivity contribution >= 4 is 38.4 Å². The molecule has 5 nitrogen and oxygen atoms in total. The minimum atomic E-state index is -0.769. The van der Waals surface area contributed by atoms with Gasteiger partial charge in [0.05, 0.1) is 18.2 Å². The van der Waals surface area contributed by atoms with Crippen molar-refractivity contribution in [2.24, 2.45) is 5.92 Å². The van der Waals surface area contributed by atoms with Crippen LogP contribution in [0, 0.1) is 24.5 Å². The standard InChI is InChI=1S/C25H25BrF2N2O3S/c1-3-32-24(31)16-6-8-30(9-7-16)25-29-22(14-34-25)20-11-19(27)12-21(28)23(20)33-13-17-4-5-18(26)10-15(17)2/h4-5,10-12,14,16H,3,6-9,13H2,1-2H3. The third-order valence-electron chi connectivity index (χ3n) is 5.84. The maximum absolute atomic E-state index is 14.8. The molecule has 1 aliphatic heterocycles. The number of halogens is 3. The van der Waals surface area contributed by atoms with Crippen molar-refractivity contribution in [2.45, 2.75) is 33.3 Å². The number of hydrogen-bond acceptors (Lipinski definition) is 6. The SMILES string of the molecule is CCOC(=O)C1CCN(c2nc(-c3cc(F)cc(F)c3OCc3ccc(Br)cc3C)cs2)CC1. The predicted octanol–water partition coefficient (Wildman–Crippen LogP) is 6.52. The van der Waals surface area contributed by atoms with Crippen molar-refractivity contribution in [1.82, 2.24) is 4.98 Å². The Hall–Kier alpha value is -2.52. The van der Waals surface area contributed by atoms with E-state index in [0.29, 0.717) is 38.2 Å². The number of esters is 1. The molecule has 9 heteroatoms. The van der Waals surface area contributed by atoms with E-state index >= 15 is 0 Å².